The van der Waals surface area contributed by atoms with E-state index in [0.717, 1.165) is 17.3 Å². The van der Waals surface area contributed by atoms with Crippen LogP contribution in [-0.4, -0.2) is 8.42 Å². The molecule has 0 aliphatic heterocycles. The Balaban J connectivity index is 2.05. The fourth-order valence-electron chi connectivity index (χ4n) is 2.69. The highest BCUT2D eigenvalue weighted by Gasteiger charge is 2.25. The molecular formula is C23H18ClFN2O2S2. The molecule has 31 heavy (non-hydrogen) atoms. The van der Waals surface area contributed by atoms with Gasteiger partial charge in [-0.05, 0) is 54.4 Å². The number of halogens is 2. The van der Waals surface area contributed by atoms with Gasteiger partial charge in [-0.15, -0.1) is 11.8 Å². The number of nitriles is 1. The fourth-order valence-corrected chi connectivity index (χ4v) is 5.40. The van der Waals surface area contributed by atoms with Gasteiger partial charge in [0.1, 0.15) is 16.9 Å². The summed E-state index contributed by atoms with van der Waals surface area (Å²) in [6, 6.07) is 20.8. The van der Waals surface area contributed by atoms with E-state index in [2.05, 4.69) is 5.32 Å². The van der Waals surface area contributed by atoms with Crippen molar-refractivity contribution in [1.82, 2.24) is 0 Å². The van der Waals surface area contributed by atoms with E-state index in [1.54, 1.807) is 48.5 Å². The maximum atomic E-state index is 13.6. The lowest BCUT2D eigenvalue weighted by molar-refractivity contribution is 0.603. The Labute approximate surface area is 190 Å². The smallest absolute Gasteiger partial charge is 0.219 e. The average molecular weight is 473 g/mol. The normalized spacial score (nSPS) is 12.1. The third kappa shape index (κ3) is 5.67. The fraction of sp³-hybridized carbons (Fsp3) is 0.0870. The van der Waals surface area contributed by atoms with Crippen LogP contribution in [0, 0.1) is 24.1 Å². The first-order chi connectivity index (χ1) is 14.8. The number of aryl methyl sites for hydroxylation is 1. The Kier molecular flexibility index (Phi) is 7.39. The van der Waals surface area contributed by atoms with Crippen molar-refractivity contribution in [3.63, 3.8) is 0 Å². The van der Waals surface area contributed by atoms with E-state index < -0.39 is 14.7 Å². The minimum atomic E-state index is -4.07. The number of rotatable bonds is 7. The van der Waals surface area contributed by atoms with Crippen molar-refractivity contribution >= 4 is 38.9 Å². The molecule has 0 radical (unpaired) electrons. The highest BCUT2D eigenvalue weighted by molar-refractivity contribution is 8.04. The maximum absolute atomic E-state index is 13.6. The van der Waals surface area contributed by atoms with Gasteiger partial charge in [0.15, 0.2) is 4.91 Å². The highest BCUT2D eigenvalue weighted by Crippen LogP contribution is 2.32. The van der Waals surface area contributed by atoms with E-state index in [0.29, 0.717) is 16.3 Å². The van der Waals surface area contributed by atoms with Gasteiger partial charge in [0.2, 0.25) is 9.84 Å². The summed E-state index contributed by atoms with van der Waals surface area (Å²) in [4.78, 5) is -0.407. The van der Waals surface area contributed by atoms with Crippen molar-refractivity contribution < 1.29 is 12.8 Å². The quantitative estimate of drug-likeness (QED) is 0.408. The number of nitrogens with one attached hydrogen (secondary N) is 1. The molecule has 3 rings (SSSR count). The molecule has 0 saturated heterocycles. The van der Waals surface area contributed by atoms with Crippen LogP contribution in [0.25, 0.3) is 0 Å². The Bertz CT molecular complexity index is 1270. The van der Waals surface area contributed by atoms with Gasteiger partial charge >= 0.3 is 0 Å². The molecule has 8 heteroatoms. The number of anilines is 1. The molecular weight excluding hydrogens is 455 g/mol. The van der Waals surface area contributed by atoms with Crippen LogP contribution in [-0.2, 0) is 15.6 Å². The van der Waals surface area contributed by atoms with E-state index in [1.165, 1.54) is 24.3 Å². The predicted octanol–water partition coefficient (Wildman–Crippen LogP) is 6.30. The van der Waals surface area contributed by atoms with Gasteiger partial charge < -0.3 is 5.32 Å². The average Bonchev–Trinajstić information content (AvgIpc) is 2.75. The molecule has 0 amide bonds. The number of hydrogen-bond donors (Lipinski definition) is 1. The second kappa shape index (κ2) is 10.0. The molecule has 4 nitrogen and oxygen atoms in total. The molecule has 1 N–H and O–H groups in total. The van der Waals surface area contributed by atoms with E-state index in [4.69, 9.17) is 11.6 Å². The molecule has 0 saturated carbocycles. The summed E-state index contributed by atoms with van der Waals surface area (Å²) in [6.07, 6.45) is 0. The van der Waals surface area contributed by atoms with Crippen molar-refractivity contribution in [2.75, 3.05) is 5.32 Å². The number of hydrogen-bond acceptors (Lipinski definition) is 5. The number of benzene rings is 3. The Morgan fingerprint density at radius 3 is 2.48 bits per heavy atom. The molecule has 158 valence electrons. The van der Waals surface area contributed by atoms with Crippen LogP contribution >= 0.6 is 23.4 Å². The molecule has 3 aromatic carbocycles. The van der Waals surface area contributed by atoms with Crippen LogP contribution in [0.2, 0.25) is 5.02 Å². The van der Waals surface area contributed by atoms with Gasteiger partial charge in [-0.25, -0.2) is 12.8 Å². The van der Waals surface area contributed by atoms with Gasteiger partial charge in [-0.3, -0.25) is 0 Å². The van der Waals surface area contributed by atoms with Crippen LogP contribution in [0.1, 0.15) is 11.1 Å². The van der Waals surface area contributed by atoms with Crippen LogP contribution in [0.15, 0.2) is 87.6 Å². The maximum Gasteiger partial charge on any atom is 0.219 e. The molecule has 0 atom stereocenters. The lowest BCUT2D eigenvalue weighted by Gasteiger charge is -2.15. The first-order valence-electron chi connectivity index (χ1n) is 9.16. The Hall–Kier alpha value is -2.79. The van der Waals surface area contributed by atoms with E-state index in [-0.39, 0.29) is 21.5 Å². The van der Waals surface area contributed by atoms with Gasteiger partial charge in [0.05, 0.1) is 4.90 Å². The zero-order chi connectivity index (χ0) is 22.4. The van der Waals surface area contributed by atoms with E-state index in [1.807, 2.05) is 13.0 Å². The summed E-state index contributed by atoms with van der Waals surface area (Å²) in [6.45, 7) is 1.85. The Morgan fingerprint density at radius 2 is 1.84 bits per heavy atom. The highest BCUT2D eigenvalue weighted by atomic mass is 35.5. The van der Waals surface area contributed by atoms with Crippen LogP contribution in [0.3, 0.4) is 0 Å². The lowest BCUT2D eigenvalue weighted by atomic mass is 10.2. The number of nitrogens with zero attached hydrogens (tertiary/aromatic N) is 1. The zero-order valence-corrected chi connectivity index (χ0v) is 18.9. The summed E-state index contributed by atoms with van der Waals surface area (Å²) >= 11 is 7.30. The molecule has 0 aliphatic carbocycles. The zero-order valence-electron chi connectivity index (χ0n) is 16.5. The monoisotopic (exact) mass is 472 g/mol. The summed E-state index contributed by atoms with van der Waals surface area (Å²) in [7, 11) is -4.07. The molecule has 0 fully saturated rings. The van der Waals surface area contributed by atoms with Crippen LogP contribution < -0.4 is 5.32 Å². The second-order valence-electron chi connectivity index (χ2n) is 6.59. The first-order valence-corrected chi connectivity index (χ1v) is 12.0. The standard InChI is InChI=1S/C23H18ClFN2O2S2/c1-16-10-11-19(13-21(16)24)27-23(30-15-17-6-5-7-18(25)12-17)22(14-26)31(28,29)20-8-3-2-4-9-20/h2-13,27H,15H2,1H3/b23-22+. The van der Waals surface area contributed by atoms with Crippen molar-refractivity contribution in [3.8, 4) is 6.07 Å². The molecule has 0 aliphatic rings. The van der Waals surface area contributed by atoms with Crippen molar-refractivity contribution in [2.24, 2.45) is 0 Å². The van der Waals surface area contributed by atoms with Crippen molar-refractivity contribution in [2.45, 2.75) is 17.6 Å². The summed E-state index contributed by atoms with van der Waals surface area (Å²) in [5, 5.41) is 13.4. The van der Waals surface area contributed by atoms with Gasteiger partial charge in [-0.2, -0.15) is 5.26 Å². The largest absolute Gasteiger partial charge is 0.348 e. The minimum absolute atomic E-state index is 0.0131. The number of sulfone groups is 1. The van der Waals surface area contributed by atoms with Gasteiger partial charge in [0, 0.05) is 16.5 Å². The summed E-state index contributed by atoms with van der Waals surface area (Å²) < 4.78 is 39.9. The molecule has 3 aromatic rings. The number of allylic oxidation sites excluding steroid dienone is 1. The molecule has 0 heterocycles. The topological polar surface area (TPSA) is 70.0 Å². The second-order valence-corrected chi connectivity index (χ2v) is 9.87. The third-order valence-electron chi connectivity index (χ3n) is 4.33. The van der Waals surface area contributed by atoms with E-state index >= 15 is 0 Å². The molecule has 0 spiro atoms. The van der Waals surface area contributed by atoms with Crippen molar-refractivity contribution in [3.05, 3.63) is 105 Å². The SMILES string of the molecule is Cc1ccc(N/C(SCc2cccc(F)c2)=C(/C#N)S(=O)(=O)c2ccccc2)cc1Cl. The molecule has 0 aromatic heterocycles. The summed E-state index contributed by atoms with van der Waals surface area (Å²) in [5.41, 5.74) is 2.05. The third-order valence-corrected chi connectivity index (χ3v) is 7.67. The summed E-state index contributed by atoms with van der Waals surface area (Å²) in [5.74, 6) is -0.130. The Morgan fingerprint density at radius 1 is 1.10 bits per heavy atom. The van der Waals surface area contributed by atoms with E-state index in [9.17, 15) is 18.1 Å². The predicted molar refractivity (Wildman–Crippen MR) is 124 cm³/mol. The van der Waals surface area contributed by atoms with Crippen LogP contribution in [0.4, 0.5) is 10.1 Å². The van der Waals surface area contributed by atoms with Crippen LogP contribution in [0.5, 0.6) is 0 Å². The number of thioether (sulfide) groups is 1. The van der Waals surface area contributed by atoms with Crippen molar-refractivity contribution in [1.29, 1.82) is 5.26 Å². The van der Waals surface area contributed by atoms with Gasteiger partial charge in [0.25, 0.3) is 0 Å². The lowest BCUT2D eigenvalue weighted by Crippen LogP contribution is -2.10. The van der Waals surface area contributed by atoms with Gasteiger partial charge in [-0.1, -0.05) is 48.0 Å². The minimum Gasteiger partial charge on any atom is -0.348 e. The molecule has 0 bridgehead atoms. The first kappa shape index (κ1) is 22.9. The molecule has 0 unspecified atom stereocenters.